The molecule has 114 valence electrons. The summed E-state index contributed by atoms with van der Waals surface area (Å²) in [5.74, 6) is 0.568. The summed E-state index contributed by atoms with van der Waals surface area (Å²) in [5.41, 5.74) is 6.65. The lowest BCUT2D eigenvalue weighted by atomic mass is 10.1. The molecule has 5 nitrogen and oxygen atoms in total. The Morgan fingerprint density at radius 3 is 2.75 bits per heavy atom. The van der Waals surface area contributed by atoms with Gasteiger partial charge in [-0.15, -0.1) is 12.4 Å². The third-order valence-electron chi connectivity index (χ3n) is 2.71. The molecular weight excluding hydrogens is 280 g/mol. The molecule has 1 rings (SSSR count). The molecule has 0 heterocycles. The van der Waals surface area contributed by atoms with Crippen LogP contribution in [0.25, 0.3) is 0 Å². The number of rotatable bonds is 7. The lowest BCUT2D eigenvalue weighted by Gasteiger charge is -2.18. The van der Waals surface area contributed by atoms with E-state index in [4.69, 9.17) is 15.2 Å². The first-order valence-electron chi connectivity index (χ1n) is 6.36. The van der Waals surface area contributed by atoms with Crippen LogP contribution < -0.4 is 15.8 Å². The van der Waals surface area contributed by atoms with Crippen LogP contribution in [0.15, 0.2) is 24.3 Å². The van der Waals surface area contributed by atoms with Crippen LogP contribution in [0.5, 0.6) is 5.75 Å². The molecule has 1 aromatic rings. The average Bonchev–Trinajstić information content (AvgIpc) is 2.39. The molecule has 0 saturated carbocycles. The maximum atomic E-state index is 11.8. The van der Waals surface area contributed by atoms with Crippen molar-refractivity contribution in [3.8, 4) is 5.75 Å². The van der Waals surface area contributed by atoms with Crippen LogP contribution in [-0.4, -0.2) is 32.3 Å². The molecule has 1 amide bonds. The van der Waals surface area contributed by atoms with E-state index < -0.39 is 6.04 Å². The van der Waals surface area contributed by atoms with Crippen molar-refractivity contribution in [2.75, 3.05) is 20.3 Å². The van der Waals surface area contributed by atoms with Crippen LogP contribution in [0.3, 0.4) is 0 Å². The maximum absolute atomic E-state index is 11.8. The van der Waals surface area contributed by atoms with Gasteiger partial charge in [-0.05, 0) is 31.5 Å². The topological polar surface area (TPSA) is 73.6 Å². The zero-order valence-electron chi connectivity index (χ0n) is 12.1. The molecule has 0 aromatic heterocycles. The summed E-state index contributed by atoms with van der Waals surface area (Å²) in [5, 5.41) is 2.85. The van der Waals surface area contributed by atoms with E-state index in [1.54, 1.807) is 0 Å². The minimum absolute atomic E-state index is 0. The van der Waals surface area contributed by atoms with E-state index in [-0.39, 0.29) is 31.0 Å². The number of nitrogens with one attached hydrogen (secondary N) is 1. The number of nitrogens with two attached hydrogens (primary N) is 1. The van der Waals surface area contributed by atoms with Crippen molar-refractivity contribution < 1.29 is 14.3 Å². The van der Waals surface area contributed by atoms with Gasteiger partial charge in [0.05, 0.1) is 19.3 Å². The summed E-state index contributed by atoms with van der Waals surface area (Å²) in [4.78, 5) is 11.8. The van der Waals surface area contributed by atoms with Crippen LogP contribution in [0.4, 0.5) is 0 Å². The normalized spacial score (nSPS) is 13.0. The molecule has 6 heteroatoms. The van der Waals surface area contributed by atoms with E-state index in [1.807, 2.05) is 38.1 Å². The van der Waals surface area contributed by atoms with Gasteiger partial charge in [0, 0.05) is 7.11 Å². The molecule has 2 atom stereocenters. The van der Waals surface area contributed by atoms with Crippen LogP contribution in [0, 0.1) is 0 Å². The number of carbonyl (C=O) groups excluding carboxylic acids is 1. The second kappa shape index (κ2) is 9.58. The summed E-state index contributed by atoms with van der Waals surface area (Å²) in [6, 6.07) is 6.86. The summed E-state index contributed by atoms with van der Waals surface area (Å²) in [6.07, 6.45) is 0. The van der Waals surface area contributed by atoms with Crippen molar-refractivity contribution in [1.82, 2.24) is 5.32 Å². The zero-order valence-corrected chi connectivity index (χ0v) is 12.9. The Labute approximate surface area is 126 Å². The molecule has 0 fully saturated rings. The molecule has 0 aliphatic carbocycles. The average molecular weight is 303 g/mol. The van der Waals surface area contributed by atoms with E-state index in [0.29, 0.717) is 6.61 Å². The molecule has 20 heavy (non-hydrogen) atoms. The summed E-state index contributed by atoms with van der Waals surface area (Å²) in [6.45, 7) is 4.66. The Morgan fingerprint density at radius 1 is 1.45 bits per heavy atom. The number of ether oxygens (including phenoxy) is 2. The standard InChI is InChI=1S/C14H22N2O3.ClH/c1-4-19-12-7-5-6-11(8-12)10(2)16-14(17)13(15)9-18-3;/h5-8,10,13H,4,9,15H2,1-3H3,(H,16,17);1H. The highest BCUT2D eigenvalue weighted by molar-refractivity contribution is 5.85. The van der Waals surface area contributed by atoms with Crippen molar-refractivity contribution in [2.24, 2.45) is 5.73 Å². The number of halogens is 1. The maximum Gasteiger partial charge on any atom is 0.239 e. The van der Waals surface area contributed by atoms with Gasteiger partial charge in [0.15, 0.2) is 0 Å². The molecule has 3 N–H and O–H groups in total. The highest BCUT2D eigenvalue weighted by Gasteiger charge is 2.16. The Hall–Kier alpha value is -1.30. The van der Waals surface area contributed by atoms with Gasteiger partial charge in [-0.1, -0.05) is 12.1 Å². The SMILES string of the molecule is CCOc1cccc(C(C)NC(=O)C(N)COC)c1.Cl. The first-order valence-corrected chi connectivity index (χ1v) is 6.36. The number of hydrogen-bond acceptors (Lipinski definition) is 4. The Bertz CT molecular complexity index is 415. The zero-order chi connectivity index (χ0) is 14.3. The van der Waals surface area contributed by atoms with Gasteiger partial charge in [0.2, 0.25) is 5.91 Å². The third-order valence-corrected chi connectivity index (χ3v) is 2.71. The second-order valence-electron chi connectivity index (χ2n) is 4.30. The largest absolute Gasteiger partial charge is 0.494 e. The number of amides is 1. The predicted octanol–water partition coefficient (Wildman–Crippen LogP) is 1.66. The van der Waals surface area contributed by atoms with Crippen LogP contribution in [-0.2, 0) is 9.53 Å². The lowest BCUT2D eigenvalue weighted by Crippen LogP contribution is -2.44. The van der Waals surface area contributed by atoms with Crippen molar-refractivity contribution in [3.05, 3.63) is 29.8 Å². The monoisotopic (exact) mass is 302 g/mol. The van der Waals surface area contributed by atoms with Crippen LogP contribution in [0.2, 0.25) is 0 Å². The smallest absolute Gasteiger partial charge is 0.239 e. The molecule has 0 aliphatic rings. The number of carbonyl (C=O) groups is 1. The Morgan fingerprint density at radius 2 is 2.15 bits per heavy atom. The van der Waals surface area contributed by atoms with Crippen LogP contribution >= 0.6 is 12.4 Å². The van der Waals surface area contributed by atoms with Gasteiger partial charge in [-0.3, -0.25) is 4.79 Å². The van der Waals surface area contributed by atoms with Gasteiger partial charge in [-0.25, -0.2) is 0 Å². The summed E-state index contributed by atoms with van der Waals surface area (Å²) < 4.78 is 10.3. The van der Waals surface area contributed by atoms with Gasteiger partial charge >= 0.3 is 0 Å². The fourth-order valence-corrected chi connectivity index (χ4v) is 1.70. The first kappa shape index (κ1) is 18.7. The first-order chi connectivity index (χ1) is 9.08. The molecule has 2 unspecified atom stereocenters. The summed E-state index contributed by atoms with van der Waals surface area (Å²) >= 11 is 0. The Balaban J connectivity index is 0.00000361. The molecule has 0 spiro atoms. The minimum atomic E-state index is -0.650. The van der Waals surface area contributed by atoms with Crippen molar-refractivity contribution >= 4 is 18.3 Å². The number of methoxy groups -OCH3 is 1. The second-order valence-corrected chi connectivity index (χ2v) is 4.30. The van der Waals surface area contributed by atoms with E-state index in [9.17, 15) is 4.79 Å². The summed E-state index contributed by atoms with van der Waals surface area (Å²) in [7, 11) is 1.52. The molecule has 0 bridgehead atoms. The molecular formula is C14H23ClN2O3. The molecule has 0 radical (unpaired) electrons. The fourth-order valence-electron chi connectivity index (χ4n) is 1.70. The van der Waals surface area contributed by atoms with E-state index >= 15 is 0 Å². The number of benzene rings is 1. The van der Waals surface area contributed by atoms with E-state index in [0.717, 1.165) is 11.3 Å². The number of hydrogen-bond donors (Lipinski definition) is 2. The van der Waals surface area contributed by atoms with E-state index in [1.165, 1.54) is 7.11 Å². The van der Waals surface area contributed by atoms with Crippen molar-refractivity contribution in [3.63, 3.8) is 0 Å². The highest BCUT2D eigenvalue weighted by Crippen LogP contribution is 2.19. The predicted molar refractivity (Wildman–Crippen MR) is 81.3 cm³/mol. The molecule has 0 aliphatic heterocycles. The Kier molecular flexibility index (Phi) is 8.96. The van der Waals surface area contributed by atoms with Gasteiger partial charge < -0.3 is 20.5 Å². The van der Waals surface area contributed by atoms with E-state index in [2.05, 4.69) is 5.32 Å². The van der Waals surface area contributed by atoms with Crippen molar-refractivity contribution in [1.29, 1.82) is 0 Å². The quantitative estimate of drug-likeness (QED) is 0.803. The minimum Gasteiger partial charge on any atom is -0.494 e. The molecule has 1 aromatic carbocycles. The molecule has 0 saturated heterocycles. The van der Waals surface area contributed by atoms with Gasteiger partial charge in [0.25, 0.3) is 0 Å². The van der Waals surface area contributed by atoms with Gasteiger partial charge in [0.1, 0.15) is 11.8 Å². The van der Waals surface area contributed by atoms with Crippen molar-refractivity contribution in [2.45, 2.75) is 25.9 Å². The lowest BCUT2D eigenvalue weighted by molar-refractivity contribution is -0.124. The highest BCUT2D eigenvalue weighted by atomic mass is 35.5. The van der Waals surface area contributed by atoms with Crippen LogP contribution in [0.1, 0.15) is 25.5 Å². The van der Waals surface area contributed by atoms with Gasteiger partial charge in [-0.2, -0.15) is 0 Å². The fraction of sp³-hybridized carbons (Fsp3) is 0.500. The third kappa shape index (κ3) is 5.77.